The first kappa shape index (κ1) is 23.8. The molecule has 0 aromatic heterocycles. The highest BCUT2D eigenvalue weighted by molar-refractivity contribution is 5.96. The summed E-state index contributed by atoms with van der Waals surface area (Å²) in [6.45, 7) is 5.66. The third-order valence-electron chi connectivity index (χ3n) is 7.44. The van der Waals surface area contributed by atoms with Crippen LogP contribution in [0.25, 0.3) is 0 Å². The van der Waals surface area contributed by atoms with Crippen LogP contribution in [0.5, 0.6) is 0 Å². The molecular weight excluding hydrogens is 418 g/mol. The van der Waals surface area contributed by atoms with Gasteiger partial charge in [-0.05, 0) is 89.0 Å². The van der Waals surface area contributed by atoms with Crippen molar-refractivity contribution in [3.63, 3.8) is 0 Å². The van der Waals surface area contributed by atoms with Gasteiger partial charge >= 0.3 is 12.1 Å². The van der Waals surface area contributed by atoms with Crippen molar-refractivity contribution in [2.24, 2.45) is 17.3 Å². The summed E-state index contributed by atoms with van der Waals surface area (Å²) in [5.41, 5.74) is 1.00. The molecule has 4 rings (SSSR count). The number of cyclic esters (lactones) is 1. The topological polar surface area (TPSA) is 72.9 Å². The van der Waals surface area contributed by atoms with Crippen LogP contribution < -0.4 is 0 Å². The molecule has 33 heavy (non-hydrogen) atoms. The molecule has 6 nitrogen and oxygen atoms in total. The number of benzene rings is 1. The fourth-order valence-corrected chi connectivity index (χ4v) is 5.42. The van der Waals surface area contributed by atoms with E-state index in [1.165, 1.54) is 30.6 Å². The highest BCUT2D eigenvalue weighted by Crippen LogP contribution is 2.57. The molecule has 1 aromatic carbocycles. The van der Waals surface area contributed by atoms with Gasteiger partial charge in [0.2, 0.25) is 5.91 Å². The van der Waals surface area contributed by atoms with E-state index in [1.54, 1.807) is 0 Å². The van der Waals surface area contributed by atoms with Crippen molar-refractivity contribution in [1.82, 2.24) is 4.90 Å². The summed E-state index contributed by atoms with van der Waals surface area (Å²) < 4.78 is 10.8. The third-order valence-corrected chi connectivity index (χ3v) is 7.44. The van der Waals surface area contributed by atoms with Crippen molar-refractivity contribution < 1.29 is 23.9 Å². The van der Waals surface area contributed by atoms with Gasteiger partial charge in [0.05, 0.1) is 12.5 Å². The molecule has 1 aromatic rings. The normalized spacial score (nSPS) is 23.3. The van der Waals surface area contributed by atoms with Gasteiger partial charge in [-0.15, -0.1) is 0 Å². The maximum Gasteiger partial charge on any atom is 0.416 e. The largest absolute Gasteiger partial charge is 0.460 e. The van der Waals surface area contributed by atoms with Gasteiger partial charge in [-0.1, -0.05) is 30.3 Å². The van der Waals surface area contributed by atoms with E-state index in [0.717, 1.165) is 18.4 Å². The minimum absolute atomic E-state index is 0.000414. The third kappa shape index (κ3) is 6.15. The van der Waals surface area contributed by atoms with Gasteiger partial charge in [0.15, 0.2) is 0 Å². The zero-order chi connectivity index (χ0) is 23.6. The Hall–Kier alpha value is -2.37. The number of nitrogens with zero attached hydrogens (tertiary/aromatic N) is 1. The van der Waals surface area contributed by atoms with Gasteiger partial charge < -0.3 is 9.47 Å². The van der Waals surface area contributed by atoms with Crippen molar-refractivity contribution >= 4 is 18.0 Å². The van der Waals surface area contributed by atoms with Crippen LogP contribution in [0.15, 0.2) is 30.3 Å². The highest BCUT2D eigenvalue weighted by Gasteiger charge is 2.46. The molecule has 0 N–H and O–H groups in total. The lowest BCUT2D eigenvalue weighted by atomic mass is 9.75. The molecule has 0 bridgehead atoms. The molecule has 0 radical (unpaired) electrons. The average molecular weight is 456 g/mol. The zero-order valence-corrected chi connectivity index (χ0v) is 20.2. The van der Waals surface area contributed by atoms with Crippen molar-refractivity contribution in [2.45, 2.75) is 90.2 Å². The minimum atomic E-state index is -0.615. The second-order valence-corrected chi connectivity index (χ2v) is 11.3. The van der Waals surface area contributed by atoms with Crippen LogP contribution in [0.3, 0.4) is 0 Å². The maximum atomic E-state index is 13.7. The molecule has 180 valence electrons. The fourth-order valence-electron chi connectivity index (χ4n) is 5.42. The molecule has 3 aliphatic rings. The van der Waals surface area contributed by atoms with E-state index in [1.807, 2.05) is 51.1 Å². The fraction of sp³-hybridized carbons (Fsp3) is 0.667. The lowest BCUT2D eigenvalue weighted by molar-refractivity contribution is -0.158. The van der Waals surface area contributed by atoms with Crippen LogP contribution in [0.2, 0.25) is 0 Å². The summed E-state index contributed by atoms with van der Waals surface area (Å²) in [6, 6.07) is 9.45. The highest BCUT2D eigenvalue weighted by atomic mass is 16.6. The van der Waals surface area contributed by atoms with E-state index < -0.39 is 17.6 Å². The van der Waals surface area contributed by atoms with Crippen molar-refractivity contribution in [3.05, 3.63) is 35.9 Å². The minimum Gasteiger partial charge on any atom is -0.460 e. The predicted octanol–water partition coefficient (Wildman–Crippen LogP) is 5.29. The number of esters is 1. The predicted molar refractivity (Wildman–Crippen MR) is 124 cm³/mol. The Labute approximate surface area is 197 Å². The summed E-state index contributed by atoms with van der Waals surface area (Å²) in [5, 5.41) is 0. The van der Waals surface area contributed by atoms with E-state index in [9.17, 15) is 14.4 Å². The first-order valence-corrected chi connectivity index (χ1v) is 12.4. The van der Waals surface area contributed by atoms with Crippen LogP contribution >= 0.6 is 0 Å². The van der Waals surface area contributed by atoms with Gasteiger partial charge in [0.25, 0.3) is 0 Å². The van der Waals surface area contributed by atoms with E-state index >= 15 is 0 Å². The number of hydrogen-bond acceptors (Lipinski definition) is 5. The molecule has 2 saturated carbocycles. The second-order valence-electron chi connectivity index (χ2n) is 11.3. The smallest absolute Gasteiger partial charge is 0.416 e. The Morgan fingerprint density at radius 1 is 1.12 bits per heavy atom. The summed E-state index contributed by atoms with van der Waals surface area (Å²) >= 11 is 0. The number of amides is 2. The summed E-state index contributed by atoms with van der Waals surface area (Å²) in [4.78, 5) is 40.2. The van der Waals surface area contributed by atoms with Gasteiger partial charge in [0.1, 0.15) is 12.2 Å². The number of carbonyl (C=O) groups is 3. The van der Waals surface area contributed by atoms with Gasteiger partial charge in [-0.25, -0.2) is 9.69 Å². The molecule has 1 aliphatic heterocycles. The molecule has 2 aliphatic carbocycles. The average Bonchev–Trinajstić information content (AvgIpc) is 3.41. The Morgan fingerprint density at radius 2 is 1.79 bits per heavy atom. The summed E-state index contributed by atoms with van der Waals surface area (Å²) in [6.07, 6.45) is 7.85. The Balaban J connectivity index is 1.47. The Bertz CT molecular complexity index is 860. The van der Waals surface area contributed by atoms with Gasteiger partial charge in [-0.3, -0.25) is 9.59 Å². The van der Waals surface area contributed by atoms with Crippen LogP contribution in [0.1, 0.15) is 77.7 Å². The molecule has 6 heteroatoms. The molecule has 2 atom stereocenters. The monoisotopic (exact) mass is 455 g/mol. The Kier molecular flexibility index (Phi) is 6.83. The first-order chi connectivity index (χ1) is 15.6. The second kappa shape index (κ2) is 9.47. The van der Waals surface area contributed by atoms with Gasteiger partial charge in [0, 0.05) is 5.92 Å². The first-order valence-electron chi connectivity index (χ1n) is 12.4. The zero-order valence-electron chi connectivity index (χ0n) is 20.2. The van der Waals surface area contributed by atoms with Crippen molar-refractivity contribution in [3.8, 4) is 0 Å². The molecule has 2 unspecified atom stereocenters. The molecule has 1 heterocycles. The molecule has 1 spiro atoms. The molecule has 1 saturated heterocycles. The van der Waals surface area contributed by atoms with Crippen LogP contribution in [-0.2, 0) is 25.5 Å². The van der Waals surface area contributed by atoms with Crippen LogP contribution in [0.4, 0.5) is 4.79 Å². The maximum absolute atomic E-state index is 13.7. The summed E-state index contributed by atoms with van der Waals surface area (Å²) in [5.74, 6) is -0.848. The van der Waals surface area contributed by atoms with E-state index in [0.29, 0.717) is 24.2 Å². The molecular formula is C27H37NO5. The lowest BCUT2D eigenvalue weighted by Crippen LogP contribution is -2.45. The summed E-state index contributed by atoms with van der Waals surface area (Å²) in [7, 11) is 0. The van der Waals surface area contributed by atoms with Gasteiger partial charge in [-0.2, -0.15) is 0 Å². The van der Waals surface area contributed by atoms with E-state index in [2.05, 4.69) is 0 Å². The van der Waals surface area contributed by atoms with Crippen LogP contribution in [0, 0.1) is 17.3 Å². The van der Waals surface area contributed by atoms with Crippen LogP contribution in [-0.4, -0.2) is 41.1 Å². The number of hydrogen-bond donors (Lipinski definition) is 0. The lowest BCUT2D eigenvalue weighted by Gasteiger charge is -2.32. The number of rotatable bonds is 7. The number of ether oxygens (including phenoxy) is 2. The number of carbonyl (C=O) groups excluding carboxylic acids is 3. The Morgan fingerprint density at radius 3 is 2.39 bits per heavy atom. The van der Waals surface area contributed by atoms with E-state index in [-0.39, 0.29) is 30.9 Å². The van der Waals surface area contributed by atoms with Crippen molar-refractivity contribution in [2.75, 3.05) is 6.61 Å². The SMILES string of the molecule is CC(C)(C)OC(=O)CC(CC1CCC2(CC1)CC2)C(=O)N1C(=O)OCC1Cc1ccccc1. The number of imide groups is 1. The van der Waals surface area contributed by atoms with Crippen molar-refractivity contribution in [1.29, 1.82) is 0 Å². The molecule has 2 amide bonds. The van der Waals surface area contributed by atoms with E-state index in [4.69, 9.17) is 9.47 Å². The molecule has 3 fully saturated rings. The standard InChI is InChI=1S/C27H37NO5/c1-26(2,3)33-23(29)17-21(15-20-9-11-27(12-10-20)13-14-27)24(30)28-22(18-32-25(28)31)16-19-7-5-4-6-8-19/h4-8,20-22H,9-18H2,1-3H3. The quantitative estimate of drug-likeness (QED) is 0.523.